The summed E-state index contributed by atoms with van der Waals surface area (Å²) >= 11 is 0. The first-order chi connectivity index (χ1) is 6.83. The van der Waals surface area contributed by atoms with Gasteiger partial charge < -0.3 is 10.1 Å². The van der Waals surface area contributed by atoms with Crippen molar-refractivity contribution in [2.24, 2.45) is 0 Å². The number of carbonyl (C=O) groups is 1. The van der Waals surface area contributed by atoms with E-state index >= 15 is 0 Å². The van der Waals surface area contributed by atoms with Crippen LogP contribution in [0.4, 0.5) is 5.69 Å². The van der Waals surface area contributed by atoms with E-state index in [4.69, 9.17) is 4.74 Å². The van der Waals surface area contributed by atoms with Crippen molar-refractivity contribution in [2.45, 2.75) is 12.3 Å². The standard InChI is InChI=1S/C11H13NO2/c1-14-7-6-9-8-4-2-3-5-10(8)12-11(9)13/h2-5,9H,6-7H2,1H3,(H,12,13). The molecule has 1 aliphatic heterocycles. The van der Waals surface area contributed by atoms with Crippen LogP contribution in [0.1, 0.15) is 17.9 Å². The van der Waals surface area contributed by atoms with Crippen LogP contribution in [0.25, 0.3) is 0 Å². The zero-order valence-electron chi connectivity index (χ0n) is 8.12. The van der Waals surface area contributed by atoms with Crippen LogP contribution in [0, 0.1) is 0 Å². The third-order valence-corrected chi connectivity index (χ3v) is 2.52. The molecule has 1 atom stereocenters. The van der Waals surface area contributed by atoms with Crippen LogP contribution >= 0.6 is 0 Å². The number of nitrogens with one attached hydrogen (secondary N) is 1. The van der Waals surface area contributed by atoms with Crippen molar-refractivity contribution in [3.63, 3.8) is 0 Å². The molecule has 0 saturated heterocycles. The predicted molar refractivity (Wildman–Crippen MR) is 54.3 cm³/mol. The summed E-state index contributed by atoms with van der Waals surface area (Å²) in [5, 5.41) is 2.86. The van der Waals surface area contributed by atoms with Gasteiger partial charge in [-0.1, -0.05) is 18.2 Å². The van der Waals surface area contributed by atoms with E-state index in [9.17, 15) is 4.79 Å². The minimum absolute atomic E-state index is 0.0360. The third-order valence-electron chi connectivity index (χ3n) is 2.52. The molecule has 3 heteroatoms. The van der Waals surface area contributed by atoms with E-state index in [1.807, 2.05) is 24.3 Å². The molecule has 0 aromatic heterocycles. The van der Waals surface area contributed by atoms with Crippen molar-refractivity contribution in [3.05, 3.63) is 29.8 Å². The normalized spacial score (nSPS) is 19.2. The molecule has 0 spiro atoms. The van der Waals surface area contributed by atoms with Crippen LogP contribution in [0.15, 0.2) is 24.3 Å². The quantitative estimate of drug-likeness (QED) is 0.790. The molecule has 0 aliphatic carbocycles. The van der Waals surface area contributed by atoms with E-state index in [1.165, 1.54) is 0 Å². The average molecular weight is 191 g/mol. The Balaban J connectivity index is 2.21. The Morgan fingerprint density at radius 2 is 2.21 bits per heavy atom. The number of amides is 1. The van der Waals surface area contributed by atoms with Gasteiger partial charge in [0.2, 0.25) is 5.91 Å². The lowest BCUT2D eigenvalue weighted by molar-refractivity contribution is -0.117. The Hall–Kier alpha value is -1.35. The molecular formula is C11H13NO2. The fraction of sp³-hybridized carbons (Fsp3) is 0.364. The maximum absolute atomic E-state index is 11.6. The van der Waals surface area contributed by atoms with Gasteiger partial charge in [-0.15, -0.1) is 0 Å². The monoisotopic (exact) mass is 191 g/mol. The SMILES string of the molecule is COCCC1C(=O)Nc2ccccc21. The van der Waals surface area contributed by atoms with Gasteiger partial charge in [-0.2, -0.15) is 0 Å². The van der Waals surface area contributed by atoms with Gasteiger partial charge in [0.05, 0.1) is 5.92 Å². The first-order valence-electron chi connectivity index (χ1n) is 4.71. The predicted octanol–water partition coefficient (Wildman–Crippen LogP) is 1.76. The number of hydrogen-bond acceptors (Lipinski definition) is 2. The minimum atomic E-state index is -0.0360. The molecule has 1 N–H and O–H groups in total. The van der Waals surface area contributed by atoms with E-state index in [0.717, 1.165) is 17.7 Å². The summed E-state index contributed by atoms with van der Waals surface area (Å²) in [5.41, 5.74) is 2.04. The summed E-state index contributed by atoms with van der Waals surface area (Å²) in [6, 6.07) is 7.81. The van der Waals surface area contributed by atoms with Gasteiger partial charge in [0.1, 0.15) is 0 Å². The molecule has 0 radical (unpaired) electrons. The average Bonchev–Trinajstić information content (AvgIpc) is 2.51. The Bertz CT molecular complexity index is 349. The third kappa shape index (κ3) is 1.51. The maximum Gasteiger partial charge on any atom is 0.232 e. The highest BCUT2D eigenvalue weighted by Gasteiger charge is 2.29. The number of fused-ring (bicyclic) bond motifs is 1. The number of methoxy groups -OCH3 is 1. The van der Waals surface area contributed by atoms with Gasteiger partial charge in [-0.05, 0) is 18.1 Å². The van der Waals surface area contributed by atoms with Gasteiger partial charge >= 0.3 is 0 Å². The number of anilines is 1. The topological polar surface area (TPSA) is 38.3 Å². The van der Waals surface area contributed by atoms with E-state index in [-0.39, 0.29) is 11.8 Å². The number of carbonyl (C=O) groups excluding carboxylic acids is 1. The van der Waals surface area contributed by atoms with Crippen LogP contribution in [-0.2, 0) is 9.53 Å². The summed E-state index contributed by atoms with van der Waals surface area (Å²) in [6.45, 7) is 0.617. The summed E-state index contributed by atoms with van der Waals surface area (Å²) < 4.78 is 4.99. The van der Waals surface area contributed by atoms with Crippen LogP contribution in [0.5, 0.6) is 0 Å². The molecule has 1 aliphatic rings. The molecule has 0 fully saturated rings. The number of benzene rings is 1. The molecular weight excluding hydrogens is 178 g/mol. The lowest BCUT2D eigenvalue weighted by atomic mass is 9.98. The lowest BCUT2D eigenvalue weighted by Crippen LogP contribution is -2.13. The van der Waals surface area contributed by atoms with Gasteiger partial charge in [0, 0.05) is 19.4 Å². The minimum Gasteiger partial charge on any atom is -0.385 e. The zero-order chi connectivity index (χ0) is 9.97. The molecule has 14 heavy (non-hydrogen) atoms. The second-order valence-corrected chi connectivity index (χ2v) is 3.41. The number of ether oxygens (including phenoxy) is 1. The van der Waals surface area contributed by atoms with Crippen LogP contribution < -0.4 is 5.32 Å². The molecule has 0 bridgehead atoms. The van der Waals surface area contributed by atoms with E-state index < -0.39 is 0 Å². The fourth-order valence-corrected chi connectivity index (χ4v) is 1.80. The van der Waals surface area contributed by atoms with Crippen molar-refractivity contribution < 1.29 is 9.53 Å². The summed E-state index contributed by atoms with van der Waals surface area (Å²) in [4.78, 5) is 11.6. The molecule has 0 saturated carbocycles. The Morgan fingerprint density at radius 3 is 3.00 bits per heavy atom. The molecule has 1 unspecified atom stereocenters. The first kappa shape index (κ1) is 9.21. The Kier molecular flexibility index (Phi) is 2.50. The highest BCUT2D eigenvalue weighted by Crippen LogP contribution is 2.33. The summed E-state index contributed by atoms with van der Waals surface area (Å²) in [6.07, 6.45) is 0.749. The van der Waals surface area contributed by atoms with Gasteiger partial charge in [-0.3, -0.25) is 4.79 Å². The van der Waals surface area contributed by atoms with E-state index in [2.05, 4.69) is 5.32 Å². The molecule has 1 aromatic rings. The molecule has 1 heterocycles. The van der Waals surface area contributed by atoms with Crippen molar-refractivity contribution in [3.8, 4) is 0 Å². The van der Waals surface area contributed by atoms with Crippen molar-refractivity contribution >= 4 is 11.6 Å². The van der Waals surface area contributed by atoms with Gasteiger partial charge in [-0.25, -0.2) is 0 Å². The summed E-state index contributed by atoms with van der Waals surface area (Å²) in [5.74, 6) is 0.0504. The second-order valence-electron chi connectivity index (χ2n) is 3.41. The first-order valence-corrected chi connectivity index (χ1v) is 4.71. The largest absolute Gasteiger partial charge is 0.385 e. The van der Waals surface area contributed by atoms with Crippen LogP contribution in [-0.4, -0.2) is 19.6 Å². The van der Waals surface area contributed by atoms with E-state index in [1.54, 1.807) is 7.11 Å². The maximum atomic E-state index is 11.6. The van der Waals surface area contributed by atoms with Crippen molar-refractivity contribution in [2.75, 3.05) is 19.0 Å². The highest BCUT2D eigenvalue weighted by molar-refractivity contribution is 6.02. The number of para-hydroxylation sites is 1. The van der Waals surface area contributed by atoms with Crippen molar-refractivity contribution in [1.82, 2.24) is 0 Å². The van der Waals surface area contributed by atoms with E-state index in [0.29, 0.717) is 6.61 Å². The van der Waals surface area contributed by atoms with Crippen LogP contribution in [0.3, 0.4) is 0 Å². The zero-order valence-corrected chi connectivity index (χ0v) is 8.12. The number of hydrogen-bond donors (Lipinski definition) is 1. The Morgan fingerprint density at radius 1 is 1.43 bits per heavy atom. The molecule has 2 rings (SSSR count). The smallest absolute Gasteiger partial charge is 0.232 e. The molecule has 1 aromatic carbocycles. The molecule has 1 amide bonds. The lowest BCUT2D eigenvalue weighted by Gasteiger charge is -2.06. The fourth-order valence-electron chi connectivity index (χ4n) is 1.80. The van der Waals surface area contributed by atoms with Crippen molar-refractivity contribution in [1.29, 1.82) is 0 Å². The summed E-state index contributed by atoms with van der Waals surface area (Å²) in [7, 11) is 1.65. The molecule has 3 nitrogen and oxygen atoms in total. The number of rotatable bonds is 3. The van der Waals surface area contributed by atoms with Gasteiger partial charge in [0.15, 0.2) is 0 Å². The Labute approximate surface area is 83.1 Å². The van der Waals surface area contributed by atoms with Crippen LogP contribution in [0.2, 0.25) is 0 Å². The van der Waals surface area contributed by atoms with Gasteiger partial charge in [0.25, 0.3) is 0 Å². The second kappa shape index (κ2) is 3.80. The highest BCUT2D eigenvalue weighted by atomic mass is 16.5. The molecule has 74 valence electrons.